The summed E-state index contributed by atoms with van der Waals surface area (Å²) in [4.78, 5) is 14.5. The summed E-state index contributed by atoms with van der Waals surface area (Å²) in [5.41, 5.74) is 9.72. The number of aryl methyl sites for hydroxylation is 2. The summed E-state index contributed by atoms with van der Waals surface area (Å²) in [6, 6.07) is 15.9. The molecule has 0 saturated carbocycles. The number of nitrogens with two attached hydrogens (primary N) is 1. The van der Waals surface area contributed by atoms with E-state index < -0.39 is 0 Å². The standard InChI is InChI=1S/C18H22N2O/c1-14-10-15(2)12-17(11-14)18(21)20(9-8-19)13-16-6-4-3-5-7-16/h3-7,10-12H,8-9,13,19H2,1-2H3. The van der Waals surface area contributed by atoms with E-state index in [9.17, 15) is 4.79 Å². The third kappa shape index (κ3) is 4.17. The van der Waals surface area contributed by atoms with Crippen LogP contribution in [0, 0.1) is 13.8 Å². The summed E-state index contributed by atoms with van der Waals surface area (Å²) >= 11 is 0. The van der Waals surface area contributed by atoms with Gasteiger partial charge in [-0.2, -0.15) is 0 Å². The Morgan fingerprint density at radius 1 is 1.05 bits per heavy atom. The van der Waals surface area contributed by atoms with Crippen LogP contribution in [0.5, 0.6) is 0 Å². The molecule has 21 heavy (non-hydrogen) atoms. The zero-order valence-electron chi connectivity index (χ0n) is 12.7. The predicted octanol–water partition coefficient (Wildman–Crippen LogP) is 2.90. The quantitative estimate of drug-likeness (QED) is 0.916. The highest BCUT2D eigenvalue weighted by molar-refractivity contribution is 5.94. The summed E-state index contributed by atoms with van der Waals surface area (Å²) < 4.78 is 0. The minimum absolute atomic E-state index is 0.0381. The van der Waals surface area contributed by atoms with Gasteiger partial charge in [-0.05, 0) is 31.5 Å². The molecule has 0 heterocycles. The first-order valence-corrected chi connectivity index (χ1v) is 7.21. The second kappa shape index (κ2) is 7.04. The lowest BCUT2D eigenvalue weighted by atomic mass is 10.1. The van der Waals surface area contributed by atoms with Crippen molar-refractivity contribution in [2.24, 2.45) is 5.73 Å². The first-order chi connectivity index (χ1) is 10.1. The van der Waals surface area contributed by atoms with Crippen LogP contribution in [0.25, 0.3) is 0 Å². The number of hydrogen-bond acceptors (Lipinski definition) is 2. The number of hydrogen-bond donors (Lipinski definition) is 1. The van der Waals surface area contributed by atoms with Gasteiger partial charge in [0.25, 0.3) is 5.91 Å². The highest BCUT2D eigenvalue weighted by Crippen LogP contribution is 2.13. The second-order valence-corrected chi connectivity index (χ2v) is 5.38. The molecule has 0 unspecified atom stereocenters. The molecule has 110 valence electrons. The Morgan fingerprint density at radius 2 is 1.67 bits per heavy atom. The van der Waals surface area contributed by atoms with Gasteiger partial charge in [-0.3, -0.25) is 4.79 Å². The third-order valence-electron chi connectivity index (χ3n) is 3.37. The van der Waals surface area contributed by atoms with Crippen LogP contribution in [0.1, 0.15) is 27.0 Å². The van der Waals surface area contributed by atoms with Crippen molar-refractivity contribution >= 4 is 5.91 Å². The van der Waals surface area contributed by atoms with Gasteiger partial charge in [0, 0.05) is 25.2 Å². The molecule has 3 heteroatoms. The highest BCUT2D eigenvalue weighted by atomic mass is 16.2. The summed E-state index contributed by atoms with van der Waals surface area (Å²) in [5, 5.41) is 0. The van der Waals surface area contributed by atoms with Crippen LogP contribution in [0.3, 0.4) is 0 Å². The minimum Gasteiger partial charge on any atom is -0.333 e. The van der Waals surface area contributed by atoms with Gasteiger partial charge in [-0.1, -0.05) is 47.5 Å². The van der Waals surface area contributed by atoms with Crippen LogP contribution in [-0.4, -0.2) is 23.9 Å². The van der Waals surface area contributed by atoms with Gasteiger partial charge in [0.1, 0.15) is 0 Å². The Morgan fingerprint density at radius 3 is 2.24 bits per heavy atom. The maximum absolute atomic E-state index is 12.7. The highest BCUT2D eigenvalue weighted by Gasteiger charge is 2.16. The zero-order valence-corrected chi connectivity index (χ0v) is 12.7. The fraction of sp³-hybridized carbons (Fsp3) is 0.278. The molecule has 0 fully saturated rings. The van der Waals surface area contributed by atoms with E-state index in [0.29, 0.717) is 19.6 Å². The number of carbonyl (C=O) groups is 1. The molecule has 2 aromatic rings. The number of rotatable bonds is 5. The average Bonchev–Trinajstić information content (AvgIpc) is 2.46. The summed E-state index contributed by atoms with van der Waals surface area (Å²) in [6.07, 6.45) is 0. The molecule has 3 nitrogen and oxygen atoms in total. The number of nitrogens with zero attached hydrogens (tertiary/aromatic N) is 1. The Bertz CT molecular complexity index is 588. The van der Waals surface area contributed by atoms with Crippen LogP contribution in [0.4, 0.5) is 0 Å². The van der Waals surface area contributed by atoms with Crippen molar-refractivity contribution in [2.45, 2.75) is 20.4 Å². The van der Waals surface area contributed by atoms with Crippen molar-refractivity contribution in [3.63, 3.8) is 0 Å². The van der Waals surface area contributed by atoms with Crippen molar-refractivity contribution < 1.29 is 4.79 Å². The zero-order chi connectivity index (χ0) is 15.2. The topological polar surface area (TPSA) is 46.3 Å². The molecule has 0 radical (unpaired) electrons. The van der Waals surface area contributed by atoms with Crippen LogP contribution in [0.15, 0.2) is 48.5 Å². The molecule has 0 aromatic heterocycles. The smallest absolute Gasteiger partial charge is 0.254 e. The van der Waals surface area contributed by atoms with E-state index in [-0.39, 0.29) is 5.91 Å². The Balaban J connectivity index is 2.22. The van der Waals surface area contributed by atoms with E-state index in [1.54, 1.807) is 0 Å². The second-order valence-electron chi connectivity index (χ2n) is 5.38. The third-order valence-corrected chi connectivity index (χ3v) is 3.37. The Labute approximate surface area is 126 Å². The number of amides is 1. The lowest BCUT2D eigenvalue weighted by Crippen LogP contribution is -2.35. The van der Waals surface area contributed by atoms with Gasteiger partial charge in [0.15, 0.2) is 0 Å². The van der Waals surface area contributed by atoms with Gasteiger partial charge in [-0.15, -0.1) is 0 Å². The molecular weight excluding hydrogens is 260 g/mol. The summed E-state index contributed by atoms with van der Waals surface area (Å²) in [5.74, 6) is 0.0381. The van der Waals surface area contributed by atoms with Crippen LogP contribution >= 0.6 is 0 Å². The average molecular weight is 282 g/mol. The lowest BCUT2D eigenvalue weighted by Gasteiger charge is -2.22. The van der Waals surface area contributed by atoms with Gasteiger partial charge in [0.2, 0.25) is 0 Å². The van der Waals surface area contributed by atoms with E-state index in [4.69, 9.17) is 5.73 Å². The van der Waals surface area contributed by atoms with Crippen molar-refractivity contribution in [2.75, 3.05) is 13.1 Å². The predicted molar refractivity (Wildman–Crippen MR) is 86.2 cm³/mol. The fourth-order valence-electron chi connectivity index (χ4n) is 2.49. The van der Waals surface area contributed by atoms with E-state index in [1.807, 2.05) is 61.2 Å². The summed E-state index contributed by atoms with van der Waals surface area (Å²) in [6.45, 7) is 5.62. The molecule has 0 aliphatic heterocycles. The van der Waals surface area contributed by atoms with Gasteiger partial charge >= 0.3 is 0 Å². The van der Waals surface area contributed by atoms with Gasteiger partial charge in [-0.25, -0.2) is 0 Å². The Kier molecular flexibility index (Phi) is 5.12. The monoisotopic (exact) mass is 282 g/mol. The molecule has 2 rings (SSSR count). The summed E-state index contributed by atoms with van der Waals surface area (Å²) in [7, 11) is 0. The minimum atomic E-state index is 0.0381. The van der Waals surface area contributed by atoms with Crippen LogP contribution in [0.2, 0.25) is 0 Å². The number of carbonyl (C=O) groups excluding carboxylic acids is 1. The van der Waals surface area contributed by atoms with E-state index in [2.05, 4.69) is 6.07 Å². The molecule has 0 bridgehead atoms. The van der Waals surface area contributed by atoms with Crippen molar-refractivity contribution in [3.8, 4) is 0 Å². The first-order valence-electron chi connectivity index (χ1n) is 7.21. The SMILES string of the molecule is Cc1cc(C)cc(C(=O)N(CCN)Cc2ccccc2)c1. The van der Waals surface area contributed by atoms with Gasteiger partial charge < -0.3 is 10.6 Å². The molecule has 0 atom stereocenters. The van der Waals surface area contributed by atoms with Crippen LogP contribution in [-0.2, 0) is 6.54 Å². The maximum atomic E-state index is 12.7. The molecule has 2 aromatic carbocycles. The molecular formula is C18H22N2O. The normalized spacial score (nSPS) is 10.4. The van der Waals surface area contributed by atoms with E-state index in [0.717, 1.165) is 22.3 Å². The van der Waals surface area contributed by atoms with E-state index >= 15 is 0 Å². The Hall–Kier alpha value is -2.13. The van der Waals surface area contributed by atoms with Gasteiger partial charge in [0.05, 0.1) is 0 Å². The number of benzene rings is 2. The molecule has 0 saturated heterocycles. The molecule has 0 spiro atoms. The molecule has 1 amide bonds. The van der Waals surface area contributed by atoms with Crippen LogP contribution < -0.4 is 5.73 Å². The fourth-order valence-corrected chi connectivity index (χ4v) is 2.49. The largest absolute Gasteiger partial charge is 0.333 e. The van der Waals surface area contributed by atoms with Crippen molar-refractivity contribution in [3.05, 3.63) is 70.8 Å². The van der Waals surface area contributed by atoms with Crippen molar-refractivity contribution in [1.29, 1.82) is 0 Å². The van der Waals surface area contributed by atoms with Crippen molar-refractivity contribution in [1.82, 2.24) is 4.90 Å². The molecule has 2 N–H and O–H groups in total. The molecule has 0 aliphatic carbocycles. The lowest BCUT2D eigenvalue weighted by molar-refractivity contribution is 0.0748. The molecule has 0 aliphatic rings. The van der Waals surface area contributed by atoms with E-state index in [1.165, 1.54) is 0 Å². The maximum Gasteiger partial charge on any atom is 0.254 e. The first kappa shape index (κ1) is 15.3.